The molecule has 0 radical (unpaired) electrons. The van der Waals surface area contributed by atoms with Crippen molar-refractivity contribution in [2.45, 2.75) is 89.8 Å². The number of hydrogen-bond acceptors (Lipinski definition) is 10. The van der Waals surface area contributed by atoms with E-state index >= 15 is 0 Å². The van der Waals surface area contributed by atoms with Crippen LogP contribution in [0.3, 0.4) is 0 Å². The second kappa shape index (κ2) is 10.8. The number of allylic oxidation sites excluding steroid dienone is 1. The fourth-order valence-corrected chi connectivity index (χ4v) is 6.39. The minimum Gasteiger partial charge on any atom is -0.459 e. The zero-order chi connectivity index (χ0) is 28.7. The minimum atomic E-state index is -2.18. The van der Waals surface area contributed by atoms with Crippen molar-refractivity contribution in [2.24, 2.45) is 23.2 Å². The summed E-state index contributed by atoms with van der Waals surface area (Å²) in [6.45, 7) is 12.6. The van der Waals surface area contributed by atoms with Crippen LogP contribution in [0.25, 0.3) is 0 Å². The van der Waals surface area contributed by atoms with Crippen LogP contribution in [0.4, 0.5) is 0 Å². The summed E-state index contributed by atoms with van der Waals surface area (Å²) >= 11 is 6.74. The number of ether oxygens (including phenoxy) is 4. The number of rotatable bonds is 4. The number of halogens is 1. The zero-order valence-electron chi connectivity index (χ0n) is 22.4. The molecular weight excluding hydrogens is 520 g/mol. The predicted molar refractivity (Wildman–Crippen MR) is 134 cm³/mol. The standard InChI is InChI=1S/C27H35ClO10/c1-8-19(32)37-22-18(35-15(5)29)11-12(2)21(28)24-27(34,14(4)25(33)38-24)23(36-16(6)30)20-13(3)17(31)9-10-26(20,22)7/h9-10,13-14,18,20-24,34H,2,8,11H2,1,3-7H3/t13-,14-,18?,20+,21-,22-,23-,24-,26-,27+/m0/s1. The summed E-state index contributed by atoms with van der Waals surface area (Å²) in [5.74, 6) is -6.32. The highest BCUT2D eigenvalue weighted by Crippen LogP contribution is 2.54. The predicted octanol–water partition coefficient (Wildman–Crippen LogP) is 2.43. The van der Waals surface area contributed by atoms with E-state index in [4.69, 9.17) is 30.5 Å². The van der Waals surface area contributed by atoms with E-state index in [0.717, 1.165) is 6.92 Å². The molecule has 210 valence electrons. The molecule has 1 heterocycles. The normalized spacial score (nSPS) is 40.9. The highest BCUT2D eigenvalue weighted by Gasteiger charge is 2.68. The molecule has 2 aliphatic carbocycles. The maximum atomic E-state index is 13.0. The average molecular weight is 555 g/mol. The Morgan fingerprint density at radius 1 is 1.13 bits per heavy atom. The number of carbonyl (C=O) groups excluding carboxylic acids is 5. The maximum Gasteiger partial charge on any atom is 0.312 e. The van der Waals surface area contributed by atoms with Crippen molar-refractivity contribution in [2.75, 3.05) is 0 Å². The van der Waals surface area contributed by atoms with E-state index in [0.29, 0.717) is 0 Å². The van der Waals surface area contributed by atoms with Crippen LogP contribution >= 0.6 is 11.6 Å². The monoisotopic (exact) mass is 554 g/mol. The highest BCUT2D eigenvalue weighted by atomic mass is 35.5. The first-order valence-corrected chi connectivity index (χ1v) is 13.0. The SMILES string of the molecule is C=C1CC(OC(C)=O)[C@H](OC(=O)CC)[C@@]2(C)C=CC(=O)[C@H](C)[C@@H]2[C@H](OC(C)=O)[C@]2(O)[C@@H](C)C(=O)O[C@H]2[C@H]1Cl. The average Bonchev–Trinajstić information content (AvgIpc) is 3.07. The van der Waals surface area contributed by atoms with Crippen molar-refractivity contribution in [1.29, 1.82) is 0 Å². The van der Waals surface area contributed by atoms with Crippen molar-refractivity contribution in [3.8, 4) is 0 Å². The van der Waals surface area contributed by atoms with E-state index in [2.05, 4.69) is 6.58 Å². The molecule has 11 heteroatoms. The molecule has 1 saturated carbocycles. The van der Waals surface area contributed by atoms with Gasteiger partial charge < -0.3 is 24.1 Å². The molecule has 10 nitrogen and oxygen atoms in total. The van der Waals surface area contributed by atoms with E-state index in [1.165, 1.54) is 26.0 Å². The molecule has 3 aliphatic rings. The summed E-state index contributed by atoms with van der Waals surface area (Å²) in [4.78, 5) is 63.2. The molecule has 38 heavy (non-hydrogen) atoms. The largest absolute Gasteiger partial charge is 0.459 e. The molecule has 0 amide bonds. The fourth-order valence-electron chi connectivity index (χ4n) is 6.04. The Kier molecular flexibility index (Phi) is 8.48. The Hall–Kier alpha value is -2.72. The summed E-state index contributed by atoms with van der Waals surface area (Å²) in [6.07, 6.45) is -2.51. The third kappa shape index (κ3) is 5.00. The fraction of sp³-hybridized carbons (Fsp3) is 0.667. The van der Waals surface area contributed by atoms with Crippen LogP contribution in [0.5, 0.6) is 0 Å². The van der Waals surface area contributed by atoms with Crippen LogP contribution in [0, 0.1) is 23.2 Å². The highest BCUT2D eigenvalue weighted by molar-refractivity contribution is 6.23. The van der Waals surface area contributed by atoms with Crippen molar-refractivity contribution < 1.29 is 48.0 Å². The second-order valence-electron chi connectivity index (χ2n) is 10.6. The lowest BCUT2D eigenvalue weighted by Crippen LogP contribution is -2.67. The smallest absolute Gasteiger partial charge is 0.312 e. The number of carbonyl (C=O) groups is 5. The van der Waals surface area contributed by atoms with Gasteiger partial charge in [-0.3, -0.25) is 24.0 Å². The topological polar surface area (TPSA) is 142 Å². The number of hydrogen-bond donors (Lipinski definition) is 1. The van der Waals surface area contributed by atoms with Crippen molar-refractivity contribution in [3.05, 3.63) is 24.3 Å². The van der Waals surface area contributed by atoms with Crippen LogP contribution in [-0.2, 0) is 42.9 Å². The van der Waals surface area contributed by atoms with Gasteiger partial charge in [0.2, 0.25) is 0 Å². The van der Waals surface area contributed by atoms with Gasteiger partial charge >= 0.3 is 23.9 Å². The van der Waals surface area contributed by atoms with E-state index in [-0.39, 0.29) is 24.2 Å². The van der Waals surface area contributed by atoms with E-state index in [1.807, 2.05) is 0 Å². The van der Waals surface area contributed by atoms with Crippen LogP contribution in [0.15, 0.2) is 24.3 Å². The summed E-state index contributed by atoms with van der Waals surface area (Å²) < 4.78 is 22.8. The molecule has 1 aliphatic heterocycles. The first kappa shape index (κ1) is 29.8. The van der Waals surface area contributed by atoms with Gasteiger partial charge in [0.25, 0.3) is 0 Å². The van der Waals surface area contributed by atoms with Crippen molar-refractivity contribution >= 4 is 41.3 Å². The molecule has 1 unspecified atom stereocenters. The van der Waals surface area contributed by atoms with Gasteiger partial charge in [-0.15, -0.1) is 11.6 Å². The van der Waals surface area contributed by atoms with Crippen LogP contribution in [0.2, 0.25) is 0 Å². The number of esters is 4. The van der Waals surface area contributed by atoms with E-state index < -0.39 is 82.4 Å². The van der Waals surface area contributed by atoms with E-state index in [9.17, 15) is 29.1 Å². The summed E-state index contributed by atoms with van der Waals surface area (Å²) in [5, 5.41) is 11.1. The van der Waals surface area contributed by atoms with Gasteiger partial charge in [0, 0.05) is 43.9 Å². The molecule has 2 fully saturated rings. The summed E-state index contributed by atoms with van der Waals surface area (Å²) in [7, 11) is 0. The lowest BCUT2D eigenvalue weighted by atomic mass is 9.56. The first-order chi connectivity index (χ1) is 17.6. The molecule has 3 rings (SSSR count). The van der Waals surface area contributed by atoms with Crippen LogP contribution < -0.4 is 0 Å². The van der Waals surface area contributed by atoms with Gasteiger partial charge in [-0.25, -0.2) is 0 Å². The Bertz CT molecular complexity index is 1070. The first-order valence-electron chi connectivity index (χ1n) is 12.6. The quantitative estimate of drug-likeness (QED) is 0.238. The third-order valence-corrected chi connectivity index (χ3v) is 8.61. The van der Waals surface area contributed by atoms with Crippen LogP contribution in [-0.4, -0.2) is 70.2 Å². The molecule has 0 aromatic carbocycles. The van der Waals surface area contributed by atoms with Gasteiger partial charge in [0.1, 0.15) is 18.3 Å². The van der Waals surface area contributed by atoms with Gasteiger partial charge in [-0.1, -0.05) is 39.0 Å². The Labute approximate surface area is 226 Å². The summed E-state index contributed by atoms with van der Waals surface area (Å²) in [6, 6.07) is 0. The molecule has 1 N–H and O–H groups in total. The molecule has 10 atom stereocenters. The van der Waals surface area contributed by atoms with Gasteiger partial charge in [-0.05, 0) is 13.0 Å². The minimum absolute atomic E-state index is 0.0000755. The number of ketones is 1. The molecule has 0 aromatic heterocycles. The molecule has 0 bridgehead atoms. The van der Waals surface area contributed by atoms with Crippen molar-refractivity contribution in [1.82, 2.24) is 0 Å². The molecule has 0 spiro atoms. The van der Waals surface area contributed by atoms with Gasteiger partial charge in [0.05, 0.1) is 11.3 Å². The Morgan fingerprint density at radius 3 is 2.29 bits per heavy atom. The zero-order valence-corrected chi connectivity index (χ0v) is 23.2. The lowest BCUT2D eigenvalue weighted by molar-refractivity contribution is -0.217. The van der Waals surface area contributed by atoms with Gasteiger partial charge in [-0.2, -0.15) is 0 Å². The van der Waals surface area contributed by atoms with E-state index in [1.54, 1.807) is 20.8 Å². The second-order valence-corrected chi connectivity index (χ2v) is 11.1. The summed E-state index contributed by atoms with van der Waals surface area (Å²) in [5.41, 5.74) is -3.30. The maximum absolute atomic E-state index is 13.0. The van der Waals surface area contributed by atoms with Crippen LogP contribution in [0.1, 0.15) is 54.4 Å². The molecule has 0 aromatic rings. The number of alkyl halides is 1. The number of fused-ring (bicyclic) bond motifs is 2. The lowest BCUT2D eigenvalue weighted by Gasteiger charge is -2.53. The Balaban J connectivity index is 2.39. The molecular formula is C27H35ClO10. The third-order valence-electron chi connectivity index (χ3n) is 8.07. The van der Waals surface area contributed by atoms with Gasteiger partial charge in [0.15, 0.2) is 17.5 Å². The molecule has 1 saturated heterocycles. The van der Waals surface area contributed by atoms with Crippen molar-refractivity contribution in [3.63, 3.8) is 0 Å². The Morgan fingerprint density at radius 2 is 1.74 bits per heavy atom. The number of aliphatic hydroxyl groups is 1.